The van der Waals surface area contributed by atoms with Crippen LogP contribution in [0.15, 0.2) is 30.3 Å². The maximum atomic E-state index is 12.1. The minimum absolute atomic E-state index is 0.0608. The molecule has 1 N–H and O–H groups in total. The average Bonchev–Trinajstić information content (AvgIpc) is 2.78. The number of carbonyl (C=O) groups excluding carboxylic acids is 1. The number of nitrogens with one attached hydrogen (secondary N) is 1. The lowest BCUT2D eigenvalue weighted by Crippen LogP contribution is -2.43. The van der Waals surface area contributed by atoms with E-state index < -0.39 is 0 Å². The van der Waals surface area contributed by atoms with E-state index in [1.54, 1.807) is 0 Å². The van der Waals surface area contributed by atoms with E-state index in [1.165, 1.54) is 0 Å². The fraction of sp³-hybridized carbons (Fsp3) is 0.444. The summed E-state index contributed by atoms with van der Waals surface area (Å²) in [7, 11) is 0. The molecule has 0 saturated carbocycles. The van der Waals surface area contributed by atoms with Gasteiger partial charge in [0, 0.05) is 11.2 Å². The van der Waals surface area contributed by atoms with Crippen molar-refractivity contribution in [2.24, 2.45) is 0 Å². The third-order valence-corrected chi connectivity index (χ3v) is 3.92. The van der Waals surface area contributed by atoms with Crippen LogP contribution in [0.4, 0.5) is 0 Å². The third kappa shape index (κ3) is 3.97. The molecule has 2 aromatic rings. The molecule has 1 aromatic carbocycles. The normalized spacial score (nSPS) is 11.5. The lowest BCUT2D eigenvalue weighted by atomic mass is 10.0. The van der Waals surface area contributed by atoms with Crippen molar-refractivity contribution in [3.63, 3.8) is 0 Å². The van der Waals surface area contributed by atoms with E-state index in [9.17, 15) is 4.79 Å². The van der Waals surface area contributed by atoms with Gasteiger partial charge in [-0.25, -0.2) is 4.68 Å². The Morgan fingerprint density at radius 2 is 1.86 bits per heavy atom. The van der Waals surface area contributed by atoms with Crippen LogP contribution >= 0.6 is 0 Å². The predicted octanol–water partition coefficient (Wildman–Crippen LogP) is 3.34. The van der Waals surface area contributed by atoms with Gasteiger partial charge in [0.05, 0.1) is 17.8 Å². The highest BCUT2D eigenvalue weighted by Gasteiger charge is 2.17. The first-order chi connectivity index (χ1) is 10.3. The SMILES string of the molecule is CCC(C)(C)NC(=O)Cc1ccc(-n2nc(C)cc2C)cc1. The summed E-state index contributed by atoms with van der Waals surface area (Å²) in [5.74, 6) is 0.0608. The van der Waals surface area contributed by atoms with Crippen LogP contribution in [0.3, 0.4) is 0 Å². The van der Waals surface area contributed by atoms with Crippen LogP contribution in [-0.2, 0) is 11.2 Å². The summed E-state index contributed by atoms with van der Waals surface area (Å²) in [6.07, 6.45) is 1.32. The molecule has 1 heterocycles. The molecule has 0 fully saturated rings. The smallest absolute Gasteiger partial charge is 0.224 e. The molecule has 0 bridgehead atoms. The van der Waals surface area contributed by atoms with Crippen LogP contribution in [0.2, 0.25) is 0 Å². The molecular weight excluding hydrogens is 274 g/mol. The second-order valence-corrected chi connectivity index (χ2v) is 6.47. The zero-order valence-electron chi connectivity index (χ0n) is 14.1. The highest BCUT2D eigenvalue weighted by molar-refractivity contribution is 5.79. The Labute approximate surface area is 132 Å². The van der Waals surface area contributed by atoms with Gasteiger partial charge in [-0.1, -0.05) is 19.1 Å². The Kier molecular flexibility index (Phi) is 4.69. The second kappa shape index (κ2) is 6.34. The minimum Gasteiger partial charge on any atom is -0.351 e. The van der Waals surface area contributed by atoms with Crippen molar-refractivity contribution in [2.45, 2.75) is 53.0 Å². The number of hydrogen-bond acceptors (Lipinski definition) is 2. The summed E-state index contributed by atoms with van der Waals surface area (Å²) < 4.78 is 1.92. The first-order valence-corrected chi connectivity index (χ1v) is 7.74. The van der Waals surface area contributed by atoms with Crippen molar-refractivity contribution in [2.75, 3.05) is 0 Å². The number of rotatable bonds is 5. The van der Waals surface area contributed by atoms with Gasteiger partial charge in [0.25, 0.3) is 0 Å². The van der Waals surface area contributed by atoms with E-state index >= 15 is 0 Å². The first-order valence-electron chi connectivity index (χ1n) is 7.74. The number of aromatic nitrogens is 2. The number of nitrogens with zero attached hydrogens (tertiary/aromatic N) is 2. The Morgan fingerprint density at radius 1 is 1.23 bits per heavy atom. The molecule has 1 amide bonds. The Balaban J connectivity index is 2.06. The van der Waals surface area contributed by atoms with Gasteiger partial charge in [0.15, 0.2) is 0 Å². The molecular formula is C18H25N3O. The fourth-order valence-electron chi connectivity index (χ4n) is 2.34. The van der Waals surface area contributed by atoms with Crippen molar-refractivity contribution < 1.29 is 4.79 Å². The maximum Gasteiger partial charge on any atom is 0.224 e. The lowest BCUT2D eigenvalue weighted by Gasteiger charge is -2.24. The van der Waals surface area contributed by atoms with Crippen LogP contribution in [0.1, 0.15) is 44.1 Å². The number of benzene rings is 1. The summed E-state index contributed by atoms with van der Waals surface area (Å²) in [5, 5.41) is 7.52. The van der Waals surface area contributed by atoms with E-state index in [4.69, 9.17) is 0 Å². The van der Waals surface area contributed by atoms with Crippen molar-refractivity contribution in [3.05, 3.63) is 47.3 Å². The number of aryl methyl sites for hydroxylation is 2. The first kappa shape index (κ1) is 16.3. The molecule has 118 valence electrons. The second-order valence-electron chi connectivity index (χ2n) is 6.47. The van der Waals surface area contributed by atoms with Crippen molar-refractivity contribution >= 4 is 5.91 Å². The van der Waals surface area contributed by atoms with E-state index in [1.807, 2.05) is 62.7 Å². The van der Waals surface area contributed by atoms with Gasteiger partial charge in [-0.3, -0.25) is 4.79 Å². The number of hydrogen-bond donors (Lipinski definition) is 1. The quantitative estimate of drug-likeness (QED) is 0.920. The average molecular weight is 299 g/mol. The molecule has 4 heteroatoms. The van der Waals surface area contributed by atoms with Crippen LogP contribution in [0.5, 0.6) is 0 Å². The number of amides is 1. The maximum absolute atomic E-state index is 12.1. The van der Waals surface area contributed by atoms with Crippen LogP contribution in [-0.4, -0.2) is 21.2 Å². The highest BCUT2D eigenvalue weighted by atomic mass is 16.1. The molecule has 22 heavy (non-hydrogen) atoms. The molecule has 0 atom stereocenters. The summed E-state index contributed by atoms with van der Waals surface area (Å²) in [5.41, 5.74) is 3.98. The molecule has 0 radical (unpaired) electrons. The standard InChI is InChI=1S/C18H25N3O/c1-6-18(4,5)19-17(22)12-15-7-9-16(10-8-15)21-14(3)11-13(2)20-21/h7-11H,6,12H2,1-5H3,(H,19,22). The molecule has 0 saturated heterocycles. The summed E-state index contributed by atoms with van der Waals surface area (Å²) in [4.78, 5) is 12.1. The van der Waals surface area contributed by atoms with Gasteiger partial charge in [0.1, 0.15) is 0 Å². The molecule has 0 aliphatic rings. The van der Waals surface area contributed by atoms with Gasteiger partial charge in [-0.2, -0.15) is 5.10 Å². The molecule has 0 spiro atoms. The van der Waals surface area contributed by atoms with Gasteiger partial charge in [0.2, 0.25) is 5.91 Å². The zero-order valence-corrected chi connectivity index (χ0v) is 14.1. The van der Waals surface area contributed by atoms with Gasteiger partial charge in [-0.05, 0) is 57.9 Å². The zero-order chi connectivity index (χ0) is 16.3. The Hall–Kier alpha value is -2.10. The fourth-order valence-corrected chi connectivity index (χ4v) is 2.34. The van der Waals surface area contributed by atoms with Crippen molar-refractivity contribution in [3.8, 4) is 5.69 Å². The molecule has 2 rings (SSSR count). The lowest BCUT2D eigenvalue weighted by molar-refractivity contribution is -0.122. The van der Waals surface area contributed by atoms with Crippen LogP contribution in [0.25, 0.3) is 5.69 Å². The summed E-state index contributed by atoms with van der Waals surface area (Å²) >= 11 is 0. The van der Waals surface area contributed by atoms with Crippen LogP contribution in [0, 0.1) is 13.8 Å². The molecule has 1 aromatic heterocycles. The van der Waals surface area contributed by atoms with Crippen LogP contribution < -0.4 is 5.32 Å². The monoisotopic (exact) mass is 299 g/mol. The van der Waals surface area contributed by atoms with Crippen molar-refractivity contribution in [1.82, 2.24) is 15.1 Å². The highest BCUT2D eigenvalue weighted by Crippen LogP contribution is 2.14. The molecule has 0 aliphatic heterocycles. The van der Waals surface area contributed by atoms with E-state index in [2.05, 4.69) is 17.3 Å². The van der Waals surface area contributed by atoms with Crippen molar-refractivity contribution in [1.29, 1.82) is 0 Å². The minimum atomic E-state index is -0.152. The van der Waals surface area contributed by atoms with E-state index in [-0.39, 0.29) is 11.4 Å². The van der Waals surface area contributed by atoms with E-state index in [0.717, 1.165) is 29.1 Å². The molecule has 4 nitrogen and oxygen atoms in total. The predicted molar refractivity (Wildman–Crippen MR) is 89.3 cm³/mol. The largest absolute Gasteiger partial charge is 0.351 e. The Morgan fingerprint density at radius 3 is 2.36 bits per heavy atom. The summed E-state index contributed by atoms with van der Waals surface area (Å²) in [6.45, 7) is 10.2. The number of carbonyl (C=O) groups is 1. The topological polar surface area (TPSA) is 46.9 Å². The summed E-state index contributed by atoms with van der Waals surface area (Å²) in [6, 6.07) is 10.0. The Bertz CT molecular complexity index is 653. The molecule has 0 aliphatic carbocycles. The van der Waals surface area contributed by atoms with Gasteiger partial charge < -0.3 is 5.32 Å². The van der Waals surface area contributed by atoms with Gasteiger partial charge >= 0.3 is 0 Å². The van der Waals surface area contributed by atoms with Gasteiger partial charge in [-0.15, -0.1) is 0 Å². The van der Waals surface area contributed by atoms with E-state index in [0.29, 0.717) is 6.42 Å². The molecule has 0 unspecified atom stereocenters. The third-order valence-electron chi connectivity index (χ3n) is 3.92.